The summed E-state index contributed by atoms with van der Waals surface area (Å²) in [6.07, 6.45) is 0. The highest BCUT2D eigenvalue weighted by Gasteiger charge is 2.79. The number of benzene rings is 1. The highest BCUT2D eigenvalue weighted by Crippen LogP contribution is 2.52. The van der Waals surface area contributed by atoms with Crippen molar-refractivity contribution in [3.05, 3.63) is 23.3 Å². The van der Waals surface area contributed by atoms with Gasteiger partial charge in [0.15, 0.2) is 18.1 Å². The van der Waals surface area contributed by atoms with Crippen LogP contribution in [0.25, 0.3) is 0 Å². The van der Waals surface area contributed by atoms with Crippen molar-refractivity contribution in [2.75, 3.05) is 13.2 Å². The summed E-state index contributed by atoms with van der Waals surface area (Å²) in [5, 5.41) is 0. The number of alkyl halides is 8. The summed E-state index contributed by atoms with van der Waals surface area (Å²) >= 11 is 0. The Balaban J connectivity index is 3.28. The highest BCUT2D eigenvalue weighted by atomic mass is 19.4. The molecule has 0 saturated heterocycles. The molecule has 0 heterocycles. The molecule has 0 fully saturated rings. The Bertz CT molecular complexity index is 697. The molecule has 1 aromatic carbocycles. The molecule has 1 rings (SSSR count). The lowest BCUT2D eigenvalue weighted by Crippen LogP contribution is -2.62. The quantitative estimate of drug-likeness (QED) is 0.390. The minimum Gasteiger partial charge on any atom is -0.488 e. The topological polar surface area (TPSA) is 18.5 Å². The normalized spacial score (nSPS) is 13.6. The minimum atomic E-state index is -6.77. The fourth-order valence-electron chi connectivity index (χ4n) is 1.75. The van der Waals surface area contributed by atoms with Gasteiger partial charge in [0.2, 0.25) is 23.3 Å². The first-order valence-electron chi connectivity index (χ1n) is 7.06. The van der Waals surface area contributed by atoms with Crippen LogP contribution in [-0.4, -0.2) is 36.9 Å². The lowest BCUT2D eigenvalue weighted by Gasteiger charge is -2.35. The molecule has 0 aliphatic rings. The molecule has 162 valence electrons. The van der Waals surface area contributed by atoms with Crippen molar-refractivity contribution in [3.63, 3.8) is 0 Å². The molecule has 0 amide bonds. The van der Waals surface area contributed by atoms with Crippen LogP contribution in [0.3, 0.4) is 0 Å². The largest absolute Gasteiger partial charge is 0.488 e. The zero-order valence-corrected chi connectivity index (χ0v) is 13.8. The summed E-state index contributed by atoms with van der Waals surface area (Å²) < 4.78 is 167. The Hall–Kier alpha value is -2.02. The highest BCUT2D eigenvalue weighted by molar-refractivity contribution is 5.38. The fraction of sp³-hybridized carbons (Fsp3) is 0.571. The first-order valence-corrected chi connectivity index (χ1v) is 7.06. The number of hydrogen-bond donors (Lipinski definition) is 0. The Kier molecular flexibility index (Phi) is 6.37. The van der Waals surface area contributed by atoms with Crippen LogP contribution in [-0.2, 0) is 0 Å². The molecular weight excluding hydrogens is 428 g/mol. The van der Waals surface area contributed by atoms with E-state index in [9.17, 15) is 52.7 Å². The molecule has 0 bridgehead atoms. The van der Waals surface area contributed by atoms with Crippen LogP contribution in [0.4, 0.5) is 52.7 Å². The standard InChI is InChI=1S/C14H10F12O2/c1-3-27-9-5(15)7(17)10(8(18)6(9)16)28-4-12(21,22)14(25,26)13(23,24)11(2,19)20/h3-4H2,1-2H3. The molecule has 0 saturated carbocycles. The van der Waals surface area contributed by atoms with Crippen molar-refractivity contribution in [2.45, 2.75) is 37.5 Å². The van der Waals surface area contributed by atoms with Crippen molar-refractivity contribution in [1.29, 1.82) is 0 Å². The molecule has 0 atom stereocenters. The van der Waals surface area contributed by atoms with E-state index in [2.05, 4.69) is 9.47 Å². The van der Waals surface area contributed by atoms with Gasteiger partial charge in [0.25, 0.3) is 0 Å². The second-order valence-corrected chi connectivity index (χ2v) is 5.38. The van der Waals surface area contributed by atoms with Gasteiger partial charge < -0.3 is 9.47 Å². The summed E-state index contributed by atoms with van der Waals surface area (Å²) in [5.74, 6) is -38.7. The minimum absolute atomic E-state index is 0.502. The maximum absolute atomic E-state index is 13.6. The van der Waals surface area contributed by atoms with E-state index in [0.717, 1.165) is 6.92 Å². The van der Waals surface area contributed by atoms with Crippen LogP contribution in [0, 0.1) is 23.3 Å². The lowest BCUT2D eigenvalue weighted by atomic mass is 10.00. The number of halogens is 12. The zero-order chi connectivity index (χ0) is 22.3. The lowest BCUT2D eigenvalue weighted by molar-refractivity contribution is -0.365. The van der Waals surface area contributed by atoms with Gasteiger partial charge in [-0.25, -0.2) is 0 Å². The van der Waals surface area contributed by atoms with E-state index < -0.39 is 78.6 Å². The number of rotatable bonds is 8. The molecule has 0 aliphatic heterocycles. The number of ether oxygens (including phenoxy) is 2. The van der Waals surface area contributed by atoms with Crippen LogP contribution in [0.5, 0.6) is 11.5 Å². The summed E-state index contributed by atoms with van der Waals surface area (Å²) in [5.41, 5.74) is 0. The molecule has 0 spiro atoms. The second kappa shape index (κ2) is 7.43. The van der Waals surface area contributed by atoms with Crippen LogP contribution < -0.4 is 9.47 Å². The van der Waals surface area contributed by atoms with Crippen LogP contribution in [0.1, 0.15) is 13.8 Å². The SMILES string of the molecule is CCOc1c(F)c(F)c(OCC(F)(F)C(F)(F)C(F)(F)C(C)(F)F)c(F)c1F. The first kappa shape index (κ1) is 24.0. The predicted molar refractivity (Wildman–Crippen MR) is 68.4 cm³/mol. The summed E-state index contributed by atoms with van der Waals surface area (Å²) in [4.78, 5) is 0. The Morgan fingerprint density at radius 3 is 1.32 bits per heavy atom. The van der Waals surface area contributed by atoms with Gasteiger partial charge in [0.05, 0.1) is 6.61 Å². The van der Waals surface area contributed by atoms with Crippen LogP contribution in [0.15, 0.2) is 0 Å². The maximum atomic E-state index is 13.6. The van der Waals surface area contributed by atoms with Gasteiger partial charge in [0, 0.05) is 6.92 Å². The average molecular weight is 438 g/mol. The monoisotopic (exact) mass is 438 g/mol. The molecular formula is C14H10F12O2. The molecule has 2 nitrogen and oxygen atoms in total. The Morgan fingerprint density at radius 1 is 0.643 bits per heavy atom. The Morgan fingerprint density at radius 2 is 1.00 bits per heavy atom. The van der Waals surface area contributed by atoms with Crippen molar-refractivity contribution in [2.24, 2.45) is 0 Å². The molecule has 1 aromatic rings. The third-order valence-corrected chi connectivity index (χ3v) is 3.27. The van der Waals surface area contributed by atoms with E-state index in [4.69, 9.17) is 0 Å². The molecule has 0 N–H and O–H groups in total. The summed E-state index contributed by atoms with van der Waals surface area (Å²) in [7, 11) is 0. The third kappa shape index (κ3) is 3.77. The molecule has 0 radical (unpaired) electrons. The maximum Gasteiger partial charge on any atom is 0.381 e. The van der Waals surface area contributed by atoms with Gasteiger partial charge in [-0.1, -0.05) is 0 Å². The van der Waals surface area contributed by atoms with Gasteiger partial charge in [-0.05, 0) is 6.92 Å². The van der Waals surface area contributed by atoms with Gasteiger partial charge >= 0.3 is 23.7 Å². The summed E-state index contributed by atoms with van der Waals surface area (Å²) in [6.45, 7) is -3.15. The fourth-order valence-corrected chi connectivity index (χ4v) is 1.75. The van der Waals surface area contributed by atoms with Gasteiger partial charge in [-0.3, -0.25) is 0 Å². The Labute approximate surface area is 149 Å². The van der Waals surface area contributed by atoms with E-state index in [1.165, 1.54) is 0 Å². The van der Waals surface area contributed by atoms with Crippen molar-refractivity contribution in [1.82, 2.24) is 0 Å². The third-order valence-electron chi connectivity index (χ3n) is 3.27. The van der Waals surface area contributed by atoms with Crippen molar-refractivity contribution in [3.8, 4) is 11.5 Å². The smallest absolute Gasteiger partial charge is 0.381 e. The first-order chi connectivity index (χ1) is 12.4. The van der Waals surface area contributed by atoms with E-state index in [-0.39, 0.29) is 0 Å². The van der Waals surface area contributed by atoms with Crippen LogP contribution in [0.2, 0.25) is 0 Å². The van der Waals surface area contributed by atoms with E-state index in [1.54, 1.807) is 0 Å². The van der Waals surface area contributed by atoms with E-state index in [0.29, 0.717) is 0 Å². The predicted octanol–water partition coefficient (Wildman–Crippen LogP) is 5.58. The molecule has 14 heteroatoms. The zero-order valence-electron chi connectivity index (χ0n) is 13.8. The molecule has 0 unspecified atom stereocenters. The van der Waals surface area contributed by atoms with E-state index >= 15 is 0 Å². The van der Waals surface area contributed by atoms with E-state index in [1.807, 2.05) is 0 Å². The van der Waals surface area contributed by atoms with Gasteiger partial charge in [-0.15, -0.1) is 0 Å². The average Bonchev–Trinajstić information content (AvgIpc) is 2.55. The van der Waals surface area contributed by atoms with Gasteiger partial charge in [-0.2, -0.15) is 52.7 Å². The molecule has 28 heavy (non-hydrogen) atoms. The van der Waals surface area contributed by atoms with Crippen LogP contribution >= 0.6 is 0 Å². The second-order valence-electron chi connectivity index (χ2n) is 5.38. The van der Waals surface area contributed by atoms with Gasteiger partial charge in [0.1, 0.15) is 0 Å². The molecule has 0 aliphatic carbocycles. The van der Waals surface area contributed by atoms with Crippen molar-refractivity contribution >= 4 is 0 Å². The summed E-state index contributed by atoms with van der Waals surface area (Å²) in [6, 6.07) is 0. The number of hydrogen-bond acceptors (Lipinski definition) is 2. The molecule has 0 aromatic heterocycles. The van der Waals surface area contributed by atoms with Crippen molar-refractivity contribution < 1.29 is 62.2 Å².